The first kappa shape index (κ1) is 17.5. The number of hydrogen-bond acceptors (Lipinski definition) is 4. The summed E-state index contributed by atoms with van der Waals surface area (Å²) in [7, 11) is 0. The van der Waals surface area contributed by atoms with Gasteiger partial charge in [-0.2, -0.15) is 0 Å². The van der Waals surface area contributed by atoms with E-state index in [1.807, 2.05) is 67.6 Å². The van der Waals surface area contributed by atoms with E-state index in [9.17, 15) is 4.79 Å². The minimum absolute atomic E-state index is 0.0874. The quantitative estimate of drug-likeness (QED) is 0.393. The van der Waals surface area contributed by atoms with Crippen molar-refractivity contribution in [1.82, 2.24) is 19.2 Å². The highest BCUT2D eigenvalue weighted by Gasteiger charge is 2.19. The molecule has 136 valence electrons. The Morgan fingerprint density at radius 1 is 1.11 bits per heavy atom. The number of thioether (sulfide) groups is 1. The second-order valence-electron chi connectivity index (χ2n) is 6.74. The summed E-state index contributed by atoms with van der Waals surface area (Å²) < 4.78 is 3.63. The SMILES string of the molecule is C=C(C)CSc1nnc2n(-c3cccc(C)c3C)c(=O)c3ccccc3n12. The molecule has 4 aromatic rings. The standard InChI is InChI=1S/C21H20N4OS/c1-13(2)12-27-21-23-22-20-24(17-11-7-8-14(3)15(17)4)19(26)16-9-5-6-10-18(16)25(20)21/h5-11H,1,12H2,2-4H3. The fourth-order valence-electron chi connectivity index (χ4n) is 3.15. The van der Waals surface area contributed by atoms with E-state index in [0.29, 0.717) is 11.2 Å². The second-order valence-corrected chi connectivity index (χ2v) is 7.68. The van der Waals surface area contributed by atoms with Crippen molar-refractivity contribution in [2.75, 3.05) is 5.75 Å². The molecule has 0 atom stereocenters. The van der Waals surface area contributed by atoms with Crippen molar-refractivity contribution in [2.24, 2.45) is 0 Å². The summed E-state index contributed by atoms with van der Waals surface area (Å²) in [5, 5.41) is 10.1. The van der Waals surface area contributed by atoms with Gasteiger partial charge in [-0.15, -0.1) is 10.2 Å². The number of aromatic nitrogens is 4. The lowest BCUT2D eigenvalue weighted by atomic mass is 10.1. The molecule has 0 saturated carbocycles. The van der Waals surface area contributed by atoms with E-state index >= 15 is 0 Å². The Morgan fingerprint density at radius 3 is 2.67 bits per heavy atom. The molecule has 4 rings (SSSR count). The smallest absolute Gasteiger partial charge is 0.267 e. The van der Waals surface area contributed by atoms with Crippen LogP contribution in [-0.2, 0) is 0 Å². The average molecular weight is 376 g/mol. The number of aryl methyl sites for hydroxylation is 1. The molecule has 2 aromatic carbocycles. The Kier molecular flexibility index (Phi) is 4.36. The molecule has 0 unspecified atom stereocenters. The lowest BCUT2D eigenvalue weighted by Crippen LogP contribution is -2.22. The zero-order valence-corrected chi connectivity index (χ0v) is 16.4. The molecule has 0 spiro atoms. The van der Waals surface area contributed by atoms with Gasteiger partial charge in [0.2, 0.25) is 5.78 Å². The third-order valence-corrected chi connectivity index (χ3v) is 5.82. The highest BCUT2D eigenvalue weighted by molar-refractivity contribution is 7.99. The minimum atomic E-state index is -0.0874. The van der Waals surface area contributed by atoms with Gasteiger partial charge in [0.1, 0.15) is 0 Å². The molecule has 0 radical (unpaired) electrons. The van der Waals surface area contributed by atoms with Crippen LogP contribution in [-0.4, -0.2) is 24.9 Å². The van der Waals surface area contributed by atoms with Gasteiger partial charge in [-0.25, -0.2) is 4.57 Å². The first-order chi connectivity index (χ1) is 13.0. The monoisotopic (exact) mass is 376 g/mol. The molecule has 27 heavy (non-hydrogen) atoms. The third-order valence-electron chi connectivity index (χ3n) is 4.66. The molecular formula is C21H20N4OS. The topological polar surface area (TPSA) is 52.2 Å². The zero-order valence-electron chi connectivity index (χ0n) is 15.6. The summed E-state index contributed by atoms with van der Waals surface area (Å²) in [6, 6.07) is 13.6. The van der Waals surface area contributed by atoms with Crippen LogP contribution in [0.2, 0.25) is 0 Å². The molecule has 0 amide bonds. The maximum absolute atomic E-state index is 13.3. The van der Waals surface area contributed by atoms with Crippen LogP contribution in [0.15, 0.2) is 64.6 Å². The first-order valence-electron chi connectivity index (χ1n) is 8.71. The van der Waals surface area contributed by atoms with Crippen molar-refractivity contribution in [1.29, 1.82) is 0 Å². The predicted molar refractivity (Wildman–Crippen MR) is 111 cm³/mol. The van der Waals surface area contributed by atoms with E-state index in [1.165, 1.54) is 0 Å². The molecule has 0 N–H and O–H groups in total. The molecule has 0 aliphatic rings. The zero-order chi connectivity index (χ0) is 19.1. The predicted octanol–water partition coefficient (Wildman–Crippen LogP) is 4.32. The molecule has 2 heterocycles. The van der Waals surface area contributed by atoms with Gasteiger partial charge in [-0.05, 0) is 50.1 Å². The lowest BCUT2D eigenvalue weighted by molar-refractivity contribution is 0.928. The van der Waals surface area contributed by atoms with E-state index < -0.39 is 0 Å². The van der Waals surface area contributed by atoms with E-state index in [4.69, 9.17) is 0 Å². The number of fused-ring (bicyclic) bond motifs is 3. The largest absolute Gasteiger partial charge is 0.268 e. The first-order valence-corrected chi connectivity index (χ1v) is 9.70. The number of benzene rings is 2. The van der Waals surface area contributed by atoms with Crippen LogP contribution in [0.3, 0.4) is 0 Å². The lowest BCUT2D eigenvalue weighted by Gasteiger charge is -2.14. The summed E-state index contributed by atoms with van der Waals surface area (Å²) in [5.41, 5.74) is 4.80. The van der Waals surface area contributed by atoms with Crippen molar-refractivity contribution in [3.63, 3.8) is 0 Å². The number of nitrogens with zero attached hydrogens (tertiary/aromatic N) is 4. The molecular weight excluding hydrogens is 356 g/mol. The fourth-order valence-corrected chi connectivity index (χ4v) is 3.94. The van der Waals surface area contributed by atoms with Crippen molar-refractivity contribution < 1.29 is 0 Å². The van der Waals surface area contributed by atoms with Gasteiger partial charge in [0.25, 0.3) is 5.56 Å². The van der Waals surface area contributed by atoms with Crippen LogP contribution in [0.4, 0.5) is 0 Å². The highest BCUT2D eigenvalue weighted by atomic mass is 32.2. The van der Waals surface area contributed by atoms with Crippen LogP contribution in [0.25, 0.3) is 22.4 Å². The number of hydrogen-bond donors (Lipinski definition) is 0. The maximum atomic E-state index is 13.3. The van der Waals surface area contributed by atoms with Crippen LogP contribution < -0.4 is 5.56 Å². The van der Waals surface area contributed by atoms with Crippen LogP contribution in [0.1, 0.15) is 18.1 Å². The van der Waals surface area contributed by atoms with E-state index in [-0.39, 0.29) is 5.56 Å². The molecule has 0 aliphatic carbocycles. The van der Waals surface area contributed by atoms with Crippen LogP contribution in [0, 0.1) is 13.8 Å². The molecule has 0 aliphatic heterocycles. The highest BCUT2D eigenvalue weighted by Crippen LogP contribution is 2.25. The van der Waals surface area contributed by atoms with Gasteiger partial charge in [0.05, 0.1) is 16.6 Å². The van der Waals surface area contributed by atoms with Gasteiger partial charge < -0.3 is 0 Å². The summed E-state index contributed by atoms with van der Waals surface area (Å²) in [6.07, 6.45) is 0. The minimum Gasteiger partial charge on any atom is -0.268 e. The van der Waals surface area contributed by atoms with Crippen molar-refractivity contribution in [3.05, 3.63) is 76.1 Å². The maximum Gasteiger partial charge on any atom is 0.267 e. The van der Waals surface area contributed by atoms with E-state index in [1.54, 1.807) is 16.3 Å². The van der Waals surface area contributed by atoms with Crippen LogP contribution in [0.5, 0.6) is 0 Å². The van der Waals surface area contributed by atoms with E-state index in [2.05, 4.69) is 16.8 Å². The molecule has 6 heteroatoms. The Labute approximate surface area is 161 Å². The summed E-state index contributed by atoms with van der Waals surface area (Å²) in [6.45, 7) is 10.0. The summed E-state index contributed by atoms with van der Waals surface area (Å²) in [5.74, 6) is 1.27. The number of rotatable bonds is 4. The van der Waals surface area contributed by atoms with Gasteiger partial charge in [0.15, 0.2) is 5.16 Å². The summed E-state index contributed by atoms with van der Waals surface area (Å²) >= 11 is 1.57. The van der Waals surface area contributed by atoms with Gasteiger partial charge in [0, 0.05) is 5.75 Å². The van der Waals surface area contributed by atoms with Crippen molar-refractivity contribution in [3.8, 4) is 5.69 Å². The normalized spacial score (nSPS) is 11.4. The number of para-hydroxylation sites is 1. The Bertz CT molecular complexity index is 1250. The van der Waals surface area contributed by atoms with E-state index in [0.717, 1.165) is 38.8 Å². The van der Waals surface area contributed by atoms with Gasteiger partial charge in [-0.1, -0.05) is 48.2 Å². The molecule has 0 bridgehead atoms. The van der Waals surface area contributed by atoms with Gasteiger partial charge in [-0.3, -0.25) is 9.20 Å². The van der Waals surface area contributed by atoms with Crippen molar-refractivity contribution >= 4 is 28.4 Å². The van der Waals surface area contributed by atoms with Gasteiger partial charge >= 0.3 is 0 Å². The van der Waals surface area contributed by atoms with Crippen LogP contribution >= 0.6 is 11.8 Å². The molecule has 0 saturated heterocycles. The second kappa shape index (κ2) is 6.70. The molecule has 0 fully saturated rings. The van der Waals surface area contributed by atoms with Crippen molar-refractivity contribution in [2.45, 2.75) is 25.9 Å². The Balaban J connectivity index is 2.13. The molecule has 2 aromatic heterocycles. The Morgan fingerprint density at radius 2 is 1.89 bits per heavy atom. The summed E-state index contributed by atoms with van der Waals surface area (Å²) in [4.78, 5) is 13.3. The Hall–Kier alpha value is -2.86. The fraction of sp³-hybridized carbons (Fsp3) is 0.190. The third kappa shape index (κ3) is 2.86. The molecule has 5 nitrogen and oxygen atoms in total. The average Bonchev–Trinajstić information content (AvgIpc) is 3.07.